The van der Waals surface area contributed by atoms with E-state index in [1.165, 1.54) is 24.8 Å². The van der Waals surface area contributed by atoms with E-state index in [2.05, 4.69) is 14.7 Å². The zero-order valence-corrected chi connectivity index (χ0v) is 7.15. The van der Waals surface area contributed by atoms with Crippen LogP contribution >= 0.6 is 11.5 Å². The summed E-state index contributed by atoms with van der Waals surface area (Å²) in [6.45, 7) is 0. The number of carbonyl (C=O) groups is 1. The summed E-state index contributed by atoms with van der Waals surface area (Å²) in [6, 6.07) is -0.616. The number of rotatable bonds is 2. The van der Waals surface area contributed by atoms with Crippen molar-refractivity contribution >= 4 is 23.8 Å². The first kappa shape index (κ1) is 8.60. The molecule has 0 bridgehead atoms. The number of hydrazone groups is 1. The van der Waals surface area contributed by atoms with E-state index in [9.17, 15) is 4.79 Å². The van der Waals surface area contributed by atoms with Crippen LogP contribution in [-0.2, 0) is 0 Å². The maximum atomic E-state index is 10.5. The van der Waals surface area contributed by atoms with Gasteiger partial charge < -0.3 is 5.73 Å². The number of primary amides is 1. The van der Waals surface area contributed by atoms with Crippen LogP contribution in [0.25, 0.3) is 0 Å². The fraction of sp³-hybridized carbons (Fsp3) is 0.200. The van der Waals surface area contributed by atoms with Crippen LogP contribution in [-0.4, -0.2) is 33.9 Å². The average Bonchev–Trinajstić information content (AvgIpc) is 2.51. The van der Waals surface area contributed by atoms with Crippen molar-refractivity contribution in [1.29, 1.82) is 0 Å². The third-order valence-corrected chi connectivity index (χ3v) is 1.58. The van der Waals surface area contributed by atoms with E-state index in [1.807, 2.05) is 0 Å². The van der Waals surface area contributed by atoms with Gasteiger partial charge in [0.05, 0.1) is 6.21 Å². The molecule has 0 saturated carbocycles. The van der Waals surface area contributed by atoms with E-state index in [1.54, 1.807) is 5.38 Å². The minimum absolute atomic E-state index is 0.605. The summed E-state index contributed by atoms with van der Waals surface area (Å²) in [5.41, 5.74) is 5.52. The zero-order chi connectivity index (χ0) is 8.97. The molecule has 1 rings (SSSR count). The van der Waals surface area contributed by atoms with Crippen molar-refractivity contribution in [3.63, 3.8) is 0 Å². The van der Waals surface area contributed by atoms with Crippen molar-refractivity contribution < 1.29 is 4.79 Å². The number of urea groups is 1. The molecule has 0 aliphatic heterocycles. The molecular weight excluding hydrogens is 178 g/mol. The summed E-state index contributed by atoms with van der Waals surface area (Å²) in [7, 11) is 1.46. The first-order valence-electron chi connectivity index (χ1n) is 3.04. The number of hydrogen-bond donors (Lipinski definition) is 1. The Morgan fingerprint density at radius 2 is 2.67 bits per heavy atom. The van der Waals surface area contributed by atoms with Gasteiger partial charge in [-0.1, -0.05) is 4.49 Å². The molecule has 1 heterocycles. The fourth-order valence-corrected chi connectivity index (χ4v) is 0.835. The quantitative estimate of drug-likeness (QED) is 0.515. The molecule has 12 heavy (non-hydrogen) atoms. The molecule has 7 heteroatoms. The van der Waals surface area contributed by atoms with Crippen LogP contribution in [0.15, 0.2) is 10.5 Å². The third-order valence-electron chi connectivity index (χ3n) is 1.06. The Hall–Kier alpha value is -1.50. The van der Waals surface area contributed by atoms with E-state index < -0.39 is 6.03 Å². The Morgan fingerprint density at radius 1 is 1.92 bits per heavy atom. The molecule has 64 valence electrons. The van der Waals surface area contributed by atoms with Crippen LogP contribution in [0.4, 0.5) is 4.79 Å². The fourth-order valence-electron chi connectivity index (χ4n) is 0.431. The molecule has 0 aliphatic carbocycles. The lowest BCUT2D eigenvalue weighted by Crippen LogP contribution is -2.27. The van der Waals surface area contributed by atoms with Crippen LogP contribution in [0.5, 0.6) is 0 Å². The highest BCUT2D eigenvalue weighted by molar-refractivity contribution is 7.03. The summed E-state index contributed by atoms with van der Waals surface area (Å²) in [6.07, 6.45) is 1.41. The second-order valence-corrected chi connectivity index (χ2v) is 2.55. The molecule has 0 atom stereocenters. The van der Waals surface area contributed by atoms with Crippen LogP contribution < -0.4 is 5.73 Å². The molecule has 0 fully saturated rings. The highest BCUT2D eigenvalue weighted by Gasteiger charge is 1.98. The molecule has 0 aromatic carbocycles. The normalized spacial score (nSPS) is 10.4. The lowest BCUT2D eigenvalue weighted by Gasteiger charge is -2.03. The van der Waals surface area contributed by atoms with Gasteiger partial charge in [0.2, 0.25) is 0 Å². The lowest BCUT2D eigenvalue weighted by atomic mass is 10.6. The Bertz CT molecular complexity index is 282. The number of carbonyl (C=O) groups excluding carboxylic acids is 1. The van der Waals surface area contributed by atoms with Crippen molar-refractivity contribution in [2.75, 3.05) is 7.05 Å². The molecule has 1 aromatic rings. The molecule has 0 unspecified atom stereocenters. The summed E-state index contributed by atoms with van der Waals surface area (Å²) in [5.74, 6) is 0. The smallest absolute Gasteiger partial charge is 0.334 e. The summed E-state index contributed by atoms with van der Waals surface area (Å²) < 4.78 is 3.61. The molecule has 0 aliphatic rings. The van der Waals surface area contributed by atoms with E-state index in [-0.39, 0.29) is 0 Å². The summed E-state index contributed by atoms with van der Waals surface area (Å²) >= 11 is 1.21. The average molecular weight is 185 g/mol. The molecule has 1 aromatic heterocycles. The summed E-state index contributed by atoms with van der Waals surface area (Å²) in [5, 5.41) is 10.1. The van der Waals surface area contributed by atoms with E-state index in [0.29, 0.717) is 5.69 Å². The predicted octanol–water partition coefficient (Wildman–Crippen LogP) is -0.117. The number of hydrogen-bond acceptors (Lipinski definition) is 5. The Kier molecular flexibility index (Phi) is 2.70. The van der Waals surface area contributed by atoms with Gasteiger partial charge in [-0.05, 0) is 11.5 Å². The molecule has 2 N–H and O–H groups in total. The monoisotopic (exact) mass is 185 g/mol. The minimum Gasteiger partial charge on any atom is -0.350 e. The molecule has 6 nitrogen and oxygen atoms in total. The van der Waals surface area contributed by atoms with Gasteiger partial charge in [0.25, 0.3) is 0 Å². The van der Waals surface area contributed by atoms with E-state index in [0.717, 1.165) is 5.01 Å². The molecule has 2 amide bonds. The maximum Gasteiger partial charge on any atom is 0.334 e. The van der Waals surface area contributed by atoms with Gasteiger partial charge in [-0.15, -0.1) is 5.10 Å². The van der Waals surface area contributed by atoms with Crippen LogP contribution in [0, 0.1) is 0 Å². The van der Waals surface area contributed by atoms with Crippen molar-refractivity contribution in [3.05, 3.63) is 11.1 Å². The molecule has 0 radical (unpaired) electrons. The van der Waals surface area contributed by atoms with Crippen molar-refractivity contribution in [1.82, 2.24) is 14.6 Å². The van der Waals surface area contributed by atoms with E-state index in [4.69, 9.17) is 5.73 Å². The molecular formula is C5H7N5OS. The lowest BCUT2D eigenvalue weighted by molar-refractivity contribution is 0.220. The minimum atomic E-state index is -0.616. The van der Waals surface area contributed by atoms with Crippen LogP contribution in [0.2, 0.25) is 0 Å². The standard InChI is InChI=1S/C5H7N5OS/c1-10(5(6)11)7-2-4-3-12-9-8-4/h2-3H,1H3,(H2,6,11)/b7-2+. The predicted molar refractivity (Wildman–Crippen MR) is 44.8 cm³/mol. The highest BCUT2D eigenvalue weighted by atomic mass is 32.1. The number of nitrogens with zero attached hydrogens (tertiary/aromatic N) is 4. The summed E-state index contributed by atoms with van der Waals surface area (Å²) in [4.78, 5) is 10.5. The number of nitrogens with two attached hydrogens (primary N) is 1. The topological polar surface area (TPSA) is 84.5 Å². The van der Waals surface area contributed by atoms with Crippen molar-refractivity contribution in [3.8, 4) is 0 Å². The van der Waals surface area contributed by atoms with Gasteiger partial charge in [-0.3, -0.25) is 0 Å². The van der Waals surface area contributed by atoms with Crippen LogP contribution in [0.1, 0.15) is 5.69 Å². The van der Waals surface area contributed by atoms with Crippen molar-refractivity contribution in [2.45, 2.75) is 0 Å². The first-order valence-corrected chi connectivity index (χ1v) is 3.88. The van der Waals surface area contributed by atoms with Gasteiger partial charge >= 0.3 is 6.03 Å². The number of aromatic nitrogens is 2. The maximum absolute atomic E-state index is 10.5. The van der Waals surface area contributed by atoms with Gasteiger partial charge in [-0.2, -0.15) is 5.10 Å². The highest BCUT2D eigenvalue weighted by Crippen LogP contribution is 1.93. The second kappa shape index (κ2) is 3.77. The molecule has 0 spiro atoms. The first-order chi connectivity index (χ1) is 5.70. The Labute approximate surface area is 72.8 Å². The third kappa shape index (κ3) is 2.27. The number of amides is 2. The van der Waals surface area contributed by atoms with Gasteiger partial charge in [-0.25, -0.2) is 9.80 Å². The largest absolute Gasteiger partial charge is 0.350 e. The second-order valence-electron chi connectivity index (χ2n) is 1.94. The van der Waals surface area contributed by atoms with E-state index >= 15 is 0 Å². The van der Waals surface area contributed by atoms with Gasteiger partial charge in [0.1, 0.15) is 5.69 Å². The Morgan fingerprint density at radius 3 is 3.17 bits per heavy atom. The SMILES string of the molecule is CN(/N=C/c1csnn1)C(N)=O. The zero-order valence-electron chi connectivity index (χ0n) is 6.34. The van der Waals surface area contributed by atoms with Crippen molar-refractivity contribution in [2.24, 2.45) is 10.8 Å². The van der Waals surface area contributed by atoms with Crippen LogP contribution in [0.3, 0.4) is 0 Å². The molecule has 0 saturated heterocycles. The van der Waals surface area contributed by atoms with Gasteiger partial charge in [0, 0.05) is 12.4 Å². The Balaban J connectivity index is 2.56. The van der Waals surface area contributed by atoms with Gasteiger partial charge in [0.15, 0.2) is 0 Å².